The van der Waals surface area contributed by atoms with Gasteiger partial charge in [0.1, 0.15) is 11.9 Å². The largest absolute Gasteiger partial charge is 0.327 e. The zero-order valence-electron chi connectivity index (χ0n) is 26.2. The van der Waals surface area contributed by atoms with Crippen molar-refractivity contribution in [2.45, 2.75) is 18.9 Å². The van der Waals surface area contributed by atoms with Crippen LogP contribution >= 0.6 is 0 Å². The molecule has 2 unspecified atom stereocenters. The second-order valence-electron chi connectivity index (χ2n) is 12.7. The summed E-state index contributed by atoms with van der Waals surface area (Å²) in [4.78, 5) is 2.38. The second-order valence-corrected chi connectivity index (χ2v) is 12.7. The molecule has 8 rings (SSSR count). The van der Waals surface area contributed by atoms with E-state index in [4.69, 9.17) is 5.73 Å². The summed E-state index contributed by atoms with van der Waals surface area (Å²) in [7, 11) is 2.28. The van der Waals surface area contributed by atoms with Crippen molar-refractivity contribution in [1.29, 1.82) is 0 Å². The fourth-order valence-electron chi connectivity index (χ4n) is 7.65. The highest BCUT2D eigenvalue weighted by atomic mass is 15.4. The molecular formula is C43H38N3+. The third kappa shape index (κ3) is 4.68. The molecule has 224 valence electrons. The van der Waals surface area contributed by atoms with Crippen LogP contribution in [0.25, 0.3) is 22.3 Å². The maximum absolute atomic E-state index is 6.20. The number of fused-ring (bicyclic) bond motifs is 4. The van der Waals surface area contributed by atoms with Gasteiger partial charge in [-0.3, -0.25) is 4.48 Å². The molecule has 3 heteroatoms. The molecule has 1 aliphatic carbocycles. The third-order valence-corrected chi connectivity index (χ3v) is 10.0. The first kappa shape index (κ1) is 28.3. The predicted molar refractivity (Wildman–Crippen MR) is 194 cm³/mol. The van der Waals surface area contributed by atoms with Crippen molar-refractivity contribution >= 4 is 22.5 Å². The van der Waals surface area contributed by atoms with Gasteiger partial charge < -0.3 is 10.6 Å². The minimum atomic E-state index is 0.300. The highest BCUT2D eigenvalue weighted by molar-refractivity contribution is 5.84. The fourth-order valence-corrected chi connectivity index (χ4v) is 7.65. The van der Waals surface area contributed by atoms with Gasteiger partial charge in [0.25, 0.3) is 0 Å². The van der Waals surface area contributed by atoms with Gasteiger partial charge in [-0.25, -0.2) is 0 Å². The van der Waals surface area contributed by atoms with Crippen LogP contribution in [-0.4, -0.2) is 13.6 Å². The van der Waals surface area contributed by atoms with Crippen molar-refractivity contribution in [3.8, 4) is 11.1 Å². The SMILES string of the molecule is C=C1/C=C(c2ccccc2)\C=C/N(c2cccc(-c3ccccc3)c2)C2=C1C=C(c1ccc3c(c1)C1C(CN)=CC=C[N+]31C)CC2. The standard InChI is InChI=1S/C43H38N3/c1-30-25-36(32-13-7-4-8-14-32)22-23-45(38-17-9-15-33(26-38)31-11-5-3-6-12-31)41-20-18-34(27-39(30)41)35-19-21-42-40(28-35)43-37(29-44)16-10-24-46(42,43)2/h3-17,19,21-28,43H,1,18,20,29,44H2,2H3/q+1/b23-22-,36-25+. The molecule has 2 N–H and O–H groups in total. The lowest BCUT2D eigenvalue weighted by Crippen LogP contribution is -2.54. The molecule has 0 spiro atoms. The van der Waals surface area contributed by atoms with Crippen LogP contribution in [0, 0.1) is 0 Å². The number of benzene rings is 4. The molecule has 46 heavy (non-hydrogen) atoms. The lowest BCUT2D eigenvalue weighted by Gasteiger charge is -2.49. The summed E-state index contributed by atoms with van der Waals surface area (Å²) >= 11 is 0. The molecule has 3 nitrogen and oxygen atoms in total. The number of hydrogen-bond donors (Lipinski definition) is 1. The number of allylic oxidation sites excluding steroid dienone is 10. The molecule has 4 aromatic rings. The Labute approximate surface area is 272 Å². The van der Waals surface area contributed by atoms with Gasteiger partial charge in [0.05, 0.1) is 12.6 Å². The van der Waals surface area contributed by atoms with E-state index in [0.717, 1.165) is 34.2 Å². The van der Waals surface area contributed by atoms with Crippen LogP contribution in [0.4, 0.5) is 11.4 Å². The number of rotatable bonds is 5. The predicted octanol–water partition coefficient (Wildman–Crippen LogP) is 9.86. The highest BCUT2D eigenvalue weighted by Crippen LogP contribution is 2.55. The Morgan fingerprint density at radius 2 is 1.57 bits per heavy atom. The number of nitrogens with two attached hydrogens (primary N) is 1. The van der Waals surface area contributed by atoms with Gasteiger partial charge in [0.15, 0.2) is 6.04 Å². The molecule has 3 heterocycles. The van der Waals surface area contributed by atoms with E-state index in [2.05, 4.69) is 164 Å². The average Bonchev–Trinajstić information content (AvgIpc) is 3.10. The van der Waals surface area contributed by atoms with Crippen LogP contribution in [0.15, 0.2) is 175 Å². The van der Waals surface area contributed by atoms with Crippen molar-refractivity contribution in [3.05, 3.63) is 192 Å². The number of nitrogens with zero attached hydrogens (tertiary/aromatic N) is 2. The Bertz CT molecular complexity index is 2060. The third-order valence-electron chi connectivity index (χ3n) is 10.0. The number of quaternary nitrogens is 1. The van der Waals surface area contributed by atoms with Crippen molar-refractivity contribution < 1.29 is 0 Å². The van der Waals surface area contributed by atoms with E-state index in [-0.39, 0.29) is 0 Å². The van der Waals surface area contributed by atoms with Crippen LogP contribution < -0.4 is 15.1 Å². The van der Waals surface area contributed by atoms with Gasteiger partial charge in [-0.05, 0) is 100 Å². The van der Waals surface area contributed by atoms with Gasteiger partial charge in [0.2, 0.25) is 0 Å². The van der Waals surface area contributed by atoms with E-state index in [0.29, 0.717) is 12.6 Å². The highest BCUT2D eigenvalue weighted by Gasteiger charge is 2.51. The van der Waals surface area contributed by atoms with E-state index in [1.807, 2.05) is 0 Å². The molecule has 4 aliphatic rings. The van der Waals surface area contributed by atoms with Crippen molar-refractivity contribution in [1.82, 2.24) is 4.48 Å². The Balaban J connectivity index is 1.24. The molecule has 0 amide bonds. The number of anilines is 1. The van der Waals surface area contributed by atoms with Crippen molar-refractivity contribution in [3.63, 3.8) is 0 Å². The topological polar surface area (TPSA) is 29.3 Å². The smallest absolute Gasteiger partial charge is 0.152 e. The number of likely N-dealkylation sites (N-methyl/N-ethyl adjacent to an activating group) is 1. The van der Waals surface area contributed by atoms with E-state index >= 15 is 0 Å². The summed E-state index contributed by atoms with van der Waals surface area (Å²) in [5.74, 6) is 0. The first-order chi connectivity index (χ1) is 22.5. The Hall–Kier alpha value is -5.22. The van der Waals surface area contributed by atoms with Gasteiger partial charge in [0, 0.05) is 41.3 Å². The Morgan fingerprint density at radius 1 is 0.804 bits per heavy atom. The van der Waals surface area contributed by atoms with Gasteiger partial charge in [-0.1, -0.05) is 85.5 Å². The Morgan fingerprint density at radius 3 is 2.35 bits per heavy atom. The summed E-state index contributed by atoms with van der Waals surface area (Å²) < 4.78 is 0.806. The van der Waals surface area contributed by atoms with Crippen LogP contribution in [-0.2, 0) is 0 Å². The maximum atomic E-state index is 6.20. The van der Waals surface area contributed by atoms with Crippen LogP contribution in [0.3, 0.4) is 0 Å². The summed E-state index contributed by atoms with van der Waals surface area (Å²) in [5.41, 5.74) is 22.3. The first-order valence-corrected chi connectivity index (χ1v) is 16.2. The van der Waals surface area contributed by atoms with Gasteiger partial charge in [-0.2, -0.15) is 0 Å². The summed E-state index contributed by atoms with van der Waals surface area (Å²) in [6, 6.07) is 37.4. The average molecular weight is 597 g/mol. The van der Waals surface area contributed by atoms with E-state index < -0.39 is 0 Å². The lowest BCUT2D eigenvalue weighted by atomic mass is 9.80. The minimum absolute atomic E-state index is 0.300. The van der Waals surface area contributed by atoms with Gasteiger partial charge >= 0.3 is 0 Å². The molecule has 0 radical (unpaired) electrons. The van der Waals surface area contributed by atoms with Crippen LogP contribution in [0.1, 0.15) is 35.6 Å². The summed E-state index contributed by atoms with van der Waals surface area (Å²) in [6.07, 6.45) is 17.6. The van der Waals surface area contributed by atoms with Crippen LogP contribution in [0.2, 0.25) is 0 Å². The van der Waals surface area contributed by atoms with Crippen molar-refractivity contribution in [2.24, 2.45) is 5.73 Å². The lowest BCUT2D eigenvalue weighted by molar-refractivity contribution is 0.308. The molecule has 2 atom stereocenters. The van der Waals surface area contributed by atoms with E-state index in [1.165, 1.54) is 55.9 Å². The summed E-state index contributed by atoms with van der Waals surface area (Å²) in [6.45, 7) is 5.23. The minimum Gasteiger partial charge on any atom is -0.327 e. The zero-order chi connectivity index (χ0) is 31.3. The molecule has 0 saturated carbocycles. The summed E-state index contributed by atoms with van der Waals surface area (Å²) in [5, 5.41) is 0. The monoisotopic (exact) mass is 596 g/mol. The maximum Gasteiger partial charge on any atom is 0.152 e. The van der Waals surface area contributed by atoms with E-state index in [1.54, 1.807) is 0 Å². The van der Waals surface area contributed by atoms with Gasteiger partial charge in [-0.15, -0.1) is 0 Å². The first-order valence-electron chi connectivity index (χ1n) is 16.2. The molecule has 0 bridgehead atoms. The fraction of sp³-hybridized carbons (Fsp3) is 0.116. The second kappa shape index (κ2) is 11.3. The van der Waals surface area contributed by atoms with Crippen LogP contribution in [0.5, 0.6) is 0 Å². The van der Waals surface area contributed by atoms with E-state index in [9.17, 15) is 0 Å². The Kier molecular flexibility index (Phi) is 6.94. The molecule has 0 fully saturated rings. The molecule has 0 aromatic heterocycles. The molecule has 3 aliphatic heterocycles. The normalized spacial score (nSPS) is 23.4. The molecular weight excluding hydrogens is 558 g/mol. The van der Waals surface area contributed by atoms with Crippen molar-refractivity contribution in [2.75, 3.05) is 18.5 Å². The quantitative estimate of drug-likeness (QED) is 0.232. The molecule has 4 aromatic carbocycles. The zero-order valence-corrected chi connectivity index (χ0v) is 26.2. The molecule has 0 saturated heterocycles. The number of hydrogen-bond acceptors (Lipinski definition) is 2.